The van der Waals surface area contributed by atoms with Gasteiger partial charge in [-0.25, -0.2) is 0 Å². The zero-order chi connectivity index (χ0) is 20.3. The molecule has 1 aliphatic heterocycles. The third kappa shape index (κ3) is 9.26. The van der Waals surface area contributed by atoms with Crippen molar-refractivity contribution in [1.82, 2.24) is 26.3 Å². The van der Waals surface area contributed by atoms with Crippen LogP contribution in [-0.2, 0) is 35.0 Å². The second-order valence-electron chi connectivity index (χ2n) is 8.49. The molecule has 2 saturated carbocycles. The summed E-state index contributed by atoms with van der Waals surface area (Å²) in [7, 11) is 0. The smallest absolute Gasteiger partial charge is 0.0545 e. The zero-order valence-electron chi connectivity index (χ0n) is 18.8. The summed E-state index contributed by atoms with van der Waals surface area (Å²) in [6.07, 6.45) is 12.0. The first kappa shape index (κ1) is 28.2. The van der Waals surface area contributed by atoms with Gasteiger partial charge in [-0.2, -0.15) is 6.92 Å². The van der Waals surface area contributed by atoms with Crippen molar-refractivity contribution in [1.29, 1.82) is 0 Å². The van der Waals surface area contributed by atoms with E-state index < -0.39 is 0 Å². The maximum atomic E-state index is 8.68. The molecular weight excluding hydrogens is 433 g/mol. The van der Waals surface area contributed by atoms with Crippen LogP contribution in [0.25, 0.3) is 0 Å². The van der Waals surface area contributed by atoms with Crippen LogP contribution in [0.15, 0.2) is 18.2 Å². The average molecular weight is 474 g/mol. The fourth-order valence-corrected chi connectivity index (χ4v) is 4.95. The molecule has 4 rings (SSSR count). The SMILES string of the molecule is C[C-]=O.O.[Mn].c1cc2nc(c1)CN[C@H]1CCCC[C@@H]1NCCN[C@H]1CCCC[C@@H]1NC2. The molecule has 6 N–H and O–H groups in total. The molecule has 2 fully saturated rings. The first-order valence-electron chi connectivity index (χ1n) is 11.5. The molecule has 0 amide bonds. The van der Waals surface area contributed by atoms with Crippen molar-refractivity contribution in [3.63, 3.8) is 0 Å². The Morgan fingerprint density at radius 1 is 0.774 bits per heavy atom. The third-order valence-corrected chi connectivity index (χ3v) is 6.43. The summed E-state index contributed by atoms with van der Waals surface area (Å²) in [5, 5.41) is 15.2. The van der Waals surface area contributed by atoms with Crippen LogP contribution in [0, 0.1) is 0 Å². The van der Waals surface area contributed by atoms with Crippen molar-refractivity contribution >= 4 is 6.29 Å². The quantitative estimate of drug-likeness (QED) is 0.335. The van der Waals surface area contributed by atoms with E-state index in [1.807, 2.05) is 0 Å². The standard InChI is InChI=1S/C21H35N5.C2H3O.Mn.H2O/c1-3-10-20-18(8-1)22-12-13-23-19-9-2-4-11-21(19)25-15-17-7-5-6-16(26-17)14-24-20;1-2-3;;/h5-7,18-25H,1-4,8-15H2;1H3;;1H2/q;-1;;/t18-,19-,20-,21-;;;/m0.../s1. The van der Waals surface area contributed by atoms with Gasteiger partial charge in [0, 0.05) is 67.4 Å². The summed E-state index contributed by atoms with van der Waals surface area (Å²) >= 11 is 0. The van der Waals surface area contributed by atoms with Gasteiger partial charge in [-0.15, -0.1) is 0 Å². The van der Waals surface area contributed by atoms with E-state index in [1.54, 1.807) is 0 Å². The number of hydrogen-bond donors (Lipinski definition) is 4. The Hall–Kier alpha value is -0.861. The minimum absolute atomic E-state index is 0. The van der Waals surface area contributed by atoms with E-state index in [2.05, 4.69) is 39.5 Å². The van der Waals surface area contributed by atoms with Gasteiger partial charge in [-0.05, 0) is 37.8 Å². The van der Waals surface area contributed by atoms with Crippen molar-refractivity contribution in [2.24, 2.45) is 0 Å². The summed E-state index contributed by atoms with van der Waals surface area (Å²) in [6, 6.07) is 8.81. The minimum atomic E-state index is 0. The van der Waals surface area contributed by atoms with Gasteiger partial charge in [0.25, 0.3) is 0 Å². The Bertz CT molecular complexity index is 576. The molecule has 1 aromatic heterocycles. The number of nitrogens with one attached hydrogen (secondary N) is 4. The van der Waals surface area contributed by atoms with E-state index in [1.165, 1.54) is 76.0 Å². The van der Waals surface area contributed by atoms with Gasteiger partial charge < -0.3 is 31.5 Å². The molecule has 4 atom stereocenters. The fourth-order valence-electron chi connectivity index (χ4n) is 4.95. The van der Waals surface area contributed by atoms with Crippen molar-refractivity contribution in [2.75, 3.05) is 13.1 Å². The van der Waals surface area contributed by atoms with Crippen LogP contribution in [0.1, 0.15) is 69.7 Å². The molecule has 0 saturated heterocycles. The van der Waals surface area contributed by atoms with E-state index in [9.17, 15) is 0 Å². The number of carbonyl (C=O) groups excluding carboxylic acids is 1. The summed E-state index contributed by atoms with van der Waals surface area (Å²) < 4.78 is 0. The van der Waals surface area contributed by atoms with Crippen LogP contribution >= 0.6 is 0 Å². The molecule has 177 valence electrons. The van der Waals surface area contributed by atoms with Crippen LogP contribution in [0.4, 0.5) is 0 Å². The van der Waals surface area contributed by atoms with Gasteiger partial charge in [-0.1, -0.05) is 31.7 Å². The van der Waals surface area contributed by atoms with Gasteiger partial charge in [0.15, 0.2) is 0 Å². The second kappa shape index (κ2) is 15.9. The van der Waals surface area contributed by atoms with Crippen molar-refractivity contribution < 1.29 is 27.3 Å². The normalized spacial score (nSPS) is 28.9. The molecule has 8 heteroatoms. The summed E-state index contributed by atoms with van der Waals surface area (Å²) in [5.74, 6) is 0. The maximum Gasteiger partial charge on any atom is 0.0545 e. The summed E-state index contributed by atoms with van der Waals surface area (Å²) in [4.78, 5) is 13.6. The molecule has 1 aromatic rings. The van der Waals surface area contributed by atoms with Crippen LogP contribution in [-0.4, -0.2) is 54.0 Å². The average Bonchev–Trinajstić information content (AvgIpc) is 2.76. The number of fused-ring (bicyclic) bond motifs is 4. The number of pyridine rings is 1. The Kier molecular flexibility index (Phi) is 14.4. The van der Waals surface area contributed by atoms with E-state index in [0.717, 1.165) is 26.2 Å². The topological polar surface area (TPSA) is 110 Å². The van der Waals surface area contributed by atoms with Crippen molar-refractivity contribution in [3.05, 3.63) is 29.6 Å². The van der Waals surface area contributed by atoms with E-state index in [0.29, 0.717) is 24.2 Å². The first-order valence-corrected chi connectivity index (χ1v) is 11.5. The van der Waals surface area contributed by atoms with Gasteiger partial charge in [0.1, 0.15) is 0 Å². The van der Waals surface area contributed by atoms with Crippen LogP contribution in [0.3, 0.4) is 0 Å². The fraction of sp³-hybridized carbons (Fsp3) is 0.739. The zero-order valence-corrected chi connectivity index (χ0v) is 19.9. The van der Waals surface area contributed by atoms with Gasteiger partial charge >= 0.3 is 0 Å². The number of nitrogens with zero attached hydrogens (tertiary/aromatic N) is 1. The summed E-state index contributed by atoms with van der Waals surface area (Å²) in [5.41, 5.74) is 2.34. The Labute approximate surface area is 198 Å². The predicted molar refractivity (Wildman–Crippen MR) is 121 cm³/mol. The van der Waals surface area contributed by atoms with E-state index in [4.69, 9.17) is 9.78 Å². The van der Waals surface area contributed by atoms with E-state index in [-0.39, 0.29) is 22.5 Å². The Balaban J connectivity index is 0.000000910. The number of aromatic nitrogens is 1. The number of hydrogen-bond acceptors (Lipinski definition) is 6. The van der Waals surface area contributed by atoms with Gasteiger partial charge in [0.05, 0.1) is 11.4 Å². The van der Waals surface area contributed by atoms with Crippen molar-refractivity contribution in [2.45, 2.75) is 95.5 Å². The molecule has 2 heterocycles. The largest absolute Gasteiger partial charge is 0.542 e. The molecule has 0 aromatic carbocycles. The third-order valence-electron chi connectivity index (χ3n) is 6.43. The summed E-state index contributed by atoms with van der Waals surface area (Å²) in [6.45, 7) is 5.21. The predicted octanol–water partition coefficient (Wildman–Crippen LogP) is 1.36. The Morgan fingerprint density at radius 2 is 1.13 bits per heavy atom. The minimum Gasteiger partial charge on any atom is -0.542 e. The van der Waals surface area contributed by atoms with Gasteiger partial charge in [-0.3, -0.25) is 11.3 Å². The Morgan fingerprint density at radius 3 is 1.52 bits per heavy atom. The van der Waals surface area contributed by atoms with Crippen LogP contribution < -0.4 is 21.3 Å². The second-order valence-corrected chi connectivity index (χ2v) is 8.49. The van der Waals surface area contributed by atoms with Gasteiger partial charge in [0.2, 0.25) is 0 Å². The van der Waals surface area contributed by atoms with Crippen LogP contribution in [0.2, 0.25) is 0 Å². The first-order chi connectivity index (χ1) is 14.3. The van der Waals surface area contributed by atoms with Crippen LogP contribution in [0.5, 0.6) is 0 Å². The molecule has 2 aliphatic carbocycles. The molecule has 2 bridgehead atoms. The molecule has 3 aliphatic rings. The molecular formula is C23H40MnN5O2-. The maximum absolute atomic E-state index is 8.68. The number of rotatable bonds is 0. The van der Waals surface area contributed by atoms with Crippen molar-refractivity contribution in [3.8, 4) is 0 Å². The molecule has 31 heavy (non-hydrogen) atoms. The monoisotopic (exact) mass is 473 g/mol. The molecule has 0 unspecified atom stereocenters. The molecule has 1 radical (unpaired) electrons. The van der Waals surface area contributed by atoms with E-state index >= 15 is 0 Å². The molecule has 7 nitrogen and oxygen atoms in total. The molecule has 0 spiro atoms.